The molecule has 154 valence electrons. The lowest BCUT2D eigenvalue weighted by atomic mass is 9.93. The molecule has 0 aromatic heterocycles. The maximum absolute atomic E-state index is 12.7. The van der Waals surface area contributed by atoms with Gasteiger partial charge in [-0.15, -0.1) is 0 Å². The number of ether oxygens (including phenoxy) is 2. The molecule has 2 aromatic carbocycles. The summed E-state index contributed by atoms with van der Waals surface area (Å²) in [4.78, 5) is 12.7. The molecule has 0 fully saturated rings. The van der Waals surface area contributed by atoms with Crippen molar-refractivity contribution in [3.8, 4) is 0 Å². The number of nitrogens with one attached hydrogen (secondary N) is 1. The van der Waals surface area contributed by atoms with Crippen molar-refractivity contribution in [2.45, 2.75) is 38.0 Å². The number of carbonyl (C=O) groups is 1. The van der Waals surface area contributed by atoms with E-state index < -0.39 is 6.29 Å². The van der Waals surface area contributed by atoms with E-state index in [0.717, 1.165) is 17.5 Å². The molecular weight excluding hydrogens is 481 g/mol. The smallest absolute Gasteiger partial charge is 0.286 e. The van der Waals surface area contributed by atoms with Crippen molar-refractivity contribution < 1.29 is 19.4 Å². The molecular formula is C23H26INO4. The fraction of sp³-hybridized carbons (Fsp3) is 0.348. The lowest BCUT2D eigenvalue weighted by molar-refractivity contribution is -0.146. The van der Waals surface area contributed by atoms with Crippen molar-refractivity contribution in [2.75, 3.05) is 13.2 Å². The molecule has 0 aliphatic carbocycles. The van der Waals surface area contributed by atoms with Gasteiger partial charge in [0.25, 0.3) is 5.91 Å². The van der Waals surface area contributed by atoms with E-state index >= 15 is 0 Å². The van der Waals surface area contributed by atoms with Gasteiger partial charge in [-0.25, -0.2) is 0 Å². The average Bonchev–Trinajstić information content (AvgIpc) is 2.76. The molecule has 2 N–H and O–H groups in total. The Labute approximate surface area is 185 Å². The van der Waals surface area contributed by atoms with Gasteiger partial charge in [-0.05, 0) is 64.8 Å². The van der Waals surface area contributed by atoms with E-state index in [1.54, 1.807) is 0 Å². The first-order valence-electron chi connectivity index (χ1n) is 9.84. The van der Waals surface area contributed by atoms with E-state index in [-0.39, 0.29) is 18.4 Å². The largest absolute Gasteiger partial charge is 0.459 e. The standard InChI is InChI=1S/C23H26INO4/c24-20-10-8-18(9-11-20)19-14-21(29-22(15-19)28-13-5-4-12-26)23(27)25-16-17-6-2-1-3-7-17/h1-3,6-11,14,19,22,26H,4-5,12-13,15-16H2,(H,25,27)/t19-,22+/m0/s1. The predicted octanol–water partition coefficient (Wildman–Crippen LogP) is 4.11. The van der Waals surface area contributed by atoms with Crippen molar-refractivity contribution in [1.82, 2.24) is 5.32 Å². The number of halogens is 1. The van der Waals surface area contributed by atoms with Crippen LogP contribution in [0.15, 0.2) is 66.4 Å². The molecule has 0 saturated heterocycles. The summed E-state index contributed by atoms with van der Waals surface area (Å²) in [7, 11) is 0. The summed E-state index contributed by atoms with van der Waals surface area (Å²) in [5.74, 6) is 0.0944. The Morgan fingerprint density at radius 2 is 1.90 bits per heavy atom. The maximum Gasteiger partial charge on any atom is 0.286 e. The Kier molecular flexibility index (Phi) is 8.52. The van der Waals surface area contributed by atoms with E-state index in [1.807, 2.05) is 36.4 Å². The van der Waals surface area contributed by atoms with Crippen molar-refractivity contribution in [3.05, 3.63) is 81.1 Å². The third kappa shape index (κ3) is 6.83. The highest BCUT2D eigenvalue weighted by molar-refractivity contribution is 14.1. The van der Waals surface area contributed by atoms with E-state index in [0.29, 0.717) is 31.8 Å². The van der Waals surface area contributed by atoms with Crippen LogP contribution in [-0.4, -0.2) is 30.5 Å². The van der Waals surface area contributed by atoms with Gasteiger partial charge in [0.1, 0.15) is 0 Å². The number of amides is 1. The molecule has 3 rings (SSSR count). The van der Waals surface area contributed by atoms with Crippen molar-refractivity contribution in [1.29, 1.82) is 0 Å². The Hall–Kier alpha value is -1.90. The van der Waals surface area contributed by atoms with Gasteiger partial charge < -0.3 is 19.9 Å². The zero-order valence-electron chi connectivity index (χ0n) is 16.2. The van der Waals surface area contributed by atoms with Crippen LogP contribution in [0.25, 0.3) is 0 Å². The lowest BCUT2D eigenvalue weighted by Gasteiger charge is -2.29. The highest BCUT2D eigenvalue weighted by Gasteiger charge is 2.28. The minimum absolute atomic E-state index is 0.0427. The molecule has 0 unspecified atom stereocenters. The second kappa shape index (κ2) is 11.3. The van der Waals surface area contributed by atoms with Crippen molar-refractivity contribution in [2.24, 2.45) is 0 Å². The van der Waals surface area contributed by atoms with Gasteiger partial charge in [0.05, 0.1) is 6.61 Å². The van der Waals surface area contributed by atoms with Crippen LogP contribution in [0.4, 0.5) is 0 Å². The minimum Gasteiger partial charge on any atom is -0.459 e. The number of rotatable bonds is 9. The molecule has 1 heterocycles. The Morgan fingerprint density at radius 1 is 1.14 bits per heavy atom. The summed E-state index contributed by atoms with van der Waals surface area (Å²) in [6.07, 6.45) is 3.49. The number of aliphatic hydroxyl groups is 1. The first-order valence-corrected chi connectivity index (χ1v) is 10.9. The normalized spacial score (nSPS) is 18.6. The van der Waals surface area contributed by atoms with Gasteiger partial charge in [0.2, 0.25) is 6.29 Å². The molecule has 29 heavy (non-hydrogen) atoms. The van der Waals surface area contributed by atoms with Gasteiger partial charge in [0.15, 0.2) is 5.76 Å². The fourth-order valence-corrected chi connectivity index (χ4v) is 3.51. The van der Waals surface area contributed by atoms with Gasteiger partial charge in [-0.1, -0.05) is 42.5 Å². The molecule has 1 amide bonds. The Balaban J connectivity index is 1.69. The lowest BCUT2D eigenvalue weighted by Crippen LogP contribution is -2.32. The Bertz CT molecular complexity index is 807. The SMILES string of the molecule is O=C(NCc1ccccc1)C1=C[C@H](c2ccc(I)cc2)C[C@H](OCCCCO)O1. The molecule has 0 radical (unpaired) electrons. The number of hydrogen-bond acceptors (Lipinski definition) is 4. The third-order valence-electron chi connectivity index (χ3n) is 4.73. The summed E-state index contributed by atoms with van der Waals surface area (Å²) < 4.78 is 12.9. The molecule has 2 atom stereocenters. The van der Waals surface area contributed by atoms with Crippen LogP contribution in [0.2, 0.25) is 0 Å². The average molecular weight is 507 g/mol. The Morgan fingerprint density at radius 3 is 2.62 bits per heavy atom. The highest BCUT2D eigenvalue weighted by Crippen LogP contribution is 2.32. The number of unbranched alkanes of at least 4 members (excludes halogenated alkanes) is 1. The van der Waals surface area contributed by atoms with Crippen LogP contribution in [0, 0.1) is 3.57 Å². The van der Waals surface area contributed by atoms with Crippen LogP contribution in [-0.2, 0) is 20.8 Å². The highest BCUT2D eigenvalue weighted by atomic mass is 127. The van der Waals surface area contributed by atoms with E-state index in [2.05, 4.69) is 52.2 Å². The number of benzene rings is 2. The minimum atomic E-state index is -0.486. The molecule has 1 aliphatic heterocycles. The second-order valence-electron chi connectivity index (χ2n) is 6.94. The molecule has 0 bridgehead atoms. The molecule has 2 aromatic rings. The number of aliphatic hydroxyl groups excluding tert-OH is 1. The van der Waals surface area contributed by atoms with E-state index in [4.69, 9.17) is 14.6 Å². The molecule has 1 aliphatic rings. The number of carbonyl (C=O) groups excluding carboxylic acids is 1. The van der Waals surface area contributed by atoms with Crippen LogP contribution < -0.4 is 5.32 Å². The zero-order chi connectivity index (χ0) is 20.5. The second-order valence-corrected chi connectivity index (χ2v) is 8.19. The van der Waals surface area contributed by atoms with Crippen LogP contribution >= 0.6 is 22.6 Å². The van der Waals surface area contributed by atoms with Crippen molar-refractivity contribution >= 4 is 28.5 Å². The van der Waals surface area contributed by atoms with Gasteiger partial charge in [-0.3, -0.25) is 4.79 Å². The van der Waals surface area contributed by atoms with E-state index in [9.17, 15) is 4.79 Å². The summed E-state index contributed by atoms with van der Waals surface area (Å²) >= 11 is 2.28. The molecule has 5 nitrogen and oxygen atoms in total. The van der Waals surface area contributed by atoms with Crippen LogP contribution in [0.5, 0.6) is 0 Å². The summed E-state index contributed by atoms with van der Waals surface area (Å²) in [5.41, 5.74) is 2.16. The summed E-state index contributed by atoms with van der Waals surface area (Å²) in [5, 5.41) is 11.9. The summed E-state index contributed by atoms with van der Waals surface area (Å²) in [6, 6.07) is 18.1. The van der Waals surface area contributed by atoms with Crippen LogP contribution in [0.3, 0.4) is 0 Å². The molecule has 6 heteroatoms. The topological polar surface area (TPSA) is 67.8 Å². The number of allylic oxidation sites excluding steroid dienone is 1. The van der Waals surface area contributed by atoms with Gasteiger partial charge in [0, 0.05) is 29.1 Å². The predicted molar refractivity (Wildman–Crippen MR) is 120 cm³/mol. The monoisotopic (exact) mass is 507 g/mol. The number of hydrogen-bond donors (Lipinski definition) is 2. The molecule has 0 saturated carbocycles. The third-order valence-corrected chi connectivity index (χ3v) is 5.45. The first kappa shape index (κ1) is 21.8. The zero-order valence-corrected chi connectivity index (χ0v) is 18.4. The van der Waals surface area contributed by atoms with Gasteiger partial charge in [-0.2, -0.15) is 0 Å². The summed E-state index contributed by atoms with van der Waals surface area (Å²) in [6.45, 7) is 1.08. The van der Waals surface area contributed by atoms with Crippen LogP contribution in [0.1, 0.15) is 36.3 Å². The maximum atomic E-state index is 12.7. The first-order chi connectivity index (χ1) is 14.2. The van der Waals surface area contributed by atoms with Crippen molar-refractivity contribution in [3.63, 3.8) is 0 Å². The molecule has 0 spiro atoms. The van der Waals surface area contributed by atoms with Gasteiger partial charge >= 0.3 is 0 Å². The fourth-order valence-electron chi connectivity index (χ4n) is 3.15. The quantitative estimate of drug-likeness (QED) is 0.396. The van der Waals surface area contributed by atoms with E-state index in [1.165, 1.54) is 3.57 Å².